The van der Waals surface area contributed by atoms with E-state index in [0.29, 0.717) is 19.3 Å². The maximum Gasteiger partial charge on any atom is 0.222 e. The van der Waals surface area contributed by atoms with E-state index in [0.717, 1.165) is 32.5 Å². The van der Waals surface area contributed by atoms with Gasteiger partial charge in [-0.05, 0) is 13.5 Å². The zero-order valence-corrected chi connectivity index (χ0v) is 8.74. The van der Waals surface area contributed by atoms with Crippen LogP contribution in [0, 0.1) is 0 Å². The minimum absolute atomic E-state index is 0.194. The normalized spacial score (nSPS) is 18.2. The fraction of sp³-hybridized carbons (Fsp3) is 0.800. The number of carbonyl (C=O) groups excluding carboxylic acids is 2. The summed E-state index contributed by atoms with van der Waals surface area (Å²) in [6, 6.07) is 0. The van der Waals surface area contributed by atoms with Crippen LogP contribution in [0.2, 0.25) is 0 Å². The summed E-state index contributed by atoms with van der Waals surface area (Å²) >= 11 is 0. The lowest BCUT2D eigenvalue weighted by atomic mass is 10.2. The summed E-state index contributed by atoms with van der Waals surface area (Å²) in [7, 11) is 2.06. The molecule has 0 aromatic carbocycles. The summed E-state index contributed by atoms with van der Waals surface area (Å²) < 4.78 is 0. The molecule has 0 aromatic heterocycles. The van der Waals surface area contributed by atoms with Crippen molar-refractivity contribution in [2.75, 3.05) is 33.2 Å². The number of hydrogen-bond acceptors (Lipinski definition) is 3. The molecule has 80 valence electrons. The fourth-order valence-electron chi connectivity index (χ4n) is 1.55. The molecule has 1 amide bonds. The first kappa shape index (κ1) is 11.2. The maximum absolute atomic E-state index is 11.6. The second-order valence-electron chi connectivity index (χ2n) is 3.74. The number of nitrogens with zero attached hydrogens (tertiary/aromatic N) is 2. The average molecular weight is 198 g/mol. The molecule has 1 heterocycles. The zero-order chi connectivity index (χ0) is 10.4. The third-order valence-corrected chi connectivity index (χ3v) is 2.57. The molecule has 4 heteroatoms. The molecule has 1 rings (SSSR count). The van der Waals surface area contributed by atoms with Crippen LogP contribution >= 0.6 is 0 Å². The lowest BCUT2D eigenvalue weighted by molar-refractivity contribution is -0.132. The quantitative estimate of drug-likeness (QED) is 0.476. The van der Waals surface area contributed by atoms with Crippen molar-refractivity contribution in [2.45, 2.75) is 19.3 Å². The molecule has 0 N–H and O–H groups in total. The van der Waals surface area contributed by atoms with Gasteiger partial charge in [0.15, 0.2) is 0 Å². The number of likely N-dealkylation sites (N-methyl/N-ethyl adjacent to an activating group) is 1. The van der Waals surface area contributed by atoms with Crippen LogP contribution < -0.4 is 0 Å². The molecule has 0 unspecified atom stereocenters. The topological polar surface area (TPSA) is 40.6 Å². The van der Waals surface area contributed by atoms with Crippen molar-refractivity contribution < 1.29 is 9.59 Å². The zero-order valence-electron chi connectivity index (χ0n) is 8.74. The lowest BCUT2D eigenvalue weighted by Crippen LogP contribution is -2.47. The van der Waals surface area contributed by atoms with E-state index < -0.39 is 0 Å². The summed E-state index contributed by atoms with van der Waals surface area (Å²) in [4.78, 5) is 25.8. The van der Waals surface area contributed by atoms with Crippen molar-refractivity contribution in [1.82, 2.24) is 9.80 Å². The molecule has 4 nitrogen and oxygen atoms in total. The van der Waals surface area contributed by atoms with E-state index in [4.69, 9.17) is 0 Å². The number of carbonyl (C=O) groups is 2. The maximum atomic E-state index is 11.6. The van der Waals surface area contributed by atoms with Crippen LogP contribution in [0.5, 0.6) is 0 Å². The van der Waals surface area contributed by atoms with E-state index in [-0.39, 0.29) is 5.91 Å². The average Bonchev–Trinajstić information content (AvgIpc) is 2.19. The highest BCUT2D eigenvalue weighted by atomic mass is 16.2. The van der Waals surface area contributed by atoms with Gasteiger partial charge in [-0.1, -0.05) is 0 Å². The van der Waals surface area contributed by atoms with Gasteiger partial charge in [0, 0.05) is 39.0 Å². The number of amides is 1. The first-order valence-corrected chi connectivity index (χ1v) is 5.14. The molecule has 14 heavy (non-hydrogen) atoms. The molecule has 0 atom stereocenters. The highest BCUT2D eigenvalue weighted by Crippen LogP contribution is 2.04. The van der Waals surface area contributed by atoms with E-state index in [1.165, 1.54) is 0 Å². The third-order valence-electron chi connectivity index (χ3n) is 2.57. The molecule has 0 bridgehead atoms. The third kappa shape index (κ3) is 3.46. The second kappa shape index (κ2) is 5.75. The standard InChI is InChI=1S/C10H18N2O2/c1-11-5-7-12(8-6-11)10(14)4-2-3-9-13/h9H,2-8H2,1H3. The molecule has 0 saturated carbocycles. The predicted molar refractivity (Wildman–Crippen MR) is 54.0 cm³/mol. The van der Waals surface area contributed by atoms with Crippen LogP contribution in [0.1, 0.15) is 19.3 Å². The molecule has 0 spiro atoms. The van der Waals surface area contributed by atoms with Crippen molar-refractivity contribution >= 4 is 12.2 Å². The monoisotopic (exact) mass is 198 g/mol. The van der Waals surface area contributed by atoms with Crippen LogP contribution in [0.4, 0.5) is 0 Å². The van der Waals surface area contributed by atoms with E-state index >= 15 is 0 Å². The SMILES string of the molecule is CN1CCN(C(=O)CCCC=O)CC1. The van der Waals surface area contributed by atoms with Gasteiger partial charge in [0.05, 0.1) is 0 Å². The Bertz CT molecular complexity index is 198. The summed E-state index contributed by atoms with van der Waals surface area (Å²) in [5.74, 6) is 0.194. The molecule has 0 radical (unpaired) electrons. The van der Waals surface area contributed by atoms with E-state index in [1.807, 2.05) is 4.90 Å². The Morgan fingerprint density at radius 3 is 2.50 bits per heavy atom. The van der Waals surface area contributed by atoms with Crippen LogP contribution in [0.15, 0.2) is 0 Å². The van der Waals surface area contributed by atoms with Crippen molar-refractivity contribution in [3.05, 3.63) is 0 Å². The van der Waals surface area contributed by atoms with Gasteiger partial charge < -0.3 is 14.6 Å². The molecular formula is C10H18N2O2. The van der Waals surface area contributed by atoms with Crippen LogP contribution in [0.25, 0.3) is 0 Å². The van der Waals surface area contributed by atoms with Crippen LogP contribution in [-0.2, 0) is 9.59 Å². The fourth-order valence-corrected chi connectivity index (χ4v) is 1.55. The van der Waals surface area contributed by atoms with Gasteiger partial charge in [-0.3, -0.25) is 4.79 Å². The smallest absolute Gasteiger partial charge is 0.222 e. The van der Waals surface area contributed by atoms with Crippen LogP contribution in [-0.4, -0.2) is 55.2 Å². The predicted octanol–water partition coefficient (Wildman–Crippen LogP) is 0.130. The Kier molecular flexibility index (Phi) is 4.59. The first-order valence-electron chi connectivity index (χ1n) is 5.14. The van der Waals surface area contributed by atoms with Crippen molar-refractivity contribution in [3.8, 4) is 0 Å². The van der Waals surface area contributed by atoms with Crippen LogP contribution in [0.3, 0.4) is 0 Å². The lowest BCUT2D eigenvalue weighted by Gasteiger charge is -2.32. The van der Waals surface area contributed by atoms with Gasteiger partial charge in [-0.15, -0.1) is 0 Å². The molecule has 0 aliphatic carbocycles. The molecular weight excluding hydrogens is 180 g/mol. The number of aldehydes is 1. The summed E-state index contributed by atoms with van der Waals surface area (Å²) in [6.45, 7) is 3.58. The number of hydrogen-bond donors (Lipinski definition) is 0. The molecule has 1 fully saturated rings. The van der Waals surface area contributed by atoms with Gasteiger partial charge in [0.2, 0.25) is 5.91 Å². The van der Waals surface area contributed by atoms with Gasteiger partial charge >= 0.3 is 0 Å². The molecule has 1 saturated heterocycles. The van der Waals surface area contributed by atoms with E-state index in [1.54, 1.807) is 0 Å². The molecule has 1 aliphatic rings. The Morgan fingerprint density at radius 1 is 1.29 bits per heavy atom. The van der Waals surface area contributed by atoms with Gasteiger partial charge in [0.1, 0.15) is 6.29 Å². The minimum atomic E-state index is 0.194. The van der Waals surface area contributed by atoms with E-state index in [2.05, 4.69) is 11.9 Å². The minimum Gasteiger partial charge on any atom is -0.340 e. The summed E-state index contributed by atoms with van der Waals surface area (Å²) in [5.41, 5.74) is 0. The van der Waals surface area contributed by atoms with Gasteiger partial charge in [0.25, 0.3) is 0 Å². The van der Waals surface area contributed by atoms with Gasteiger partial charge in [-0.25, -0.2) is 0 Å². The van der Waals surface area contributed by atoms with Crippen molar-refractivity contribution in [2.24, 2.45) is 0 Å². The Balaban J connectivity index is 2.20. The van der Waals surface area contributed by atoms with Gasteiger partial charge in [-0.2, -0.15) is 0 Å². The number of piperazine rings is 1. The van der Waals surface area contributed by atoms with E-state index in [9.17, 15) is 9.59 Å². The Morgan fingerprint density at radius 2 is 1.93 bits per heavy atom. The van der Waals surface area contributed by atoms with Crippen molar-refractivity contribution in [1.29, 1.82) is 0 Å². The largest absolute Gasteiger partial charge is 0.340 e. The first-order chi connectivity index (χ1) is 6.74. The molecule has 1 aliphatic heterocycles. The molecule has 0 aromatic rings. The highest BCUT2D eigenvalue weighted by molar-refractivity contribution is 5.76. The number of rotatable bonds is 4. The Labute approximate surface area is 84.9 Å². The highest BCUT2D eigenvalue weighted by Gasteiger charge is 2.17. The summed E-state index contributed by atoms with van der Waals surface area (Å²) in [5, 5.41) is 0. The summed E-state index contributed by atoms with van der Waals surface area (Å²) in [6.07, 6.45) is 2.58. The number of unbranched alkanes of at least 4 members (excludes halogenated alkanes) is 1. The second-order valence-corrected chi connectivity index (χ2v) is 3.74. The Hall–Kier alpha value is -0.900. The van der Waals surface area contributed by atoms with Crippen molar-refractivity contribution in [3.63, 3.8) is 0 Å².